The first-order chi connectivity index (χ1) is 15.0. The molecule has 1 aromatic heterocycles. The van der Waals surface area contributed by atoms with Crippen LogP contribution in [0.15, 0.2) is 60.0 Å². The number of halogens is 1. The Morgan fingerprint density at radius 1 is 1.32 bits per heavy atom. The van der Waals surface area contributed by atoms with Crippen molar-refractivity contribution in [2.24, 2.45) is 5.73 Å². The fourth-order valence-electron chi connectivity index (χ4n) is 3.39. The standard InChI is InChI=1S/C22H18ClN5O3/c1-12-19-20(15(10-24)21(25)31-22(19)28-27-12)13-6-8-14(9-7-13)30-11-18(29)26-17-5-3-2-4-16(17)23/h2-9,20H,11,25H2,1H3,(H,26,29)(H,27,28). The van der Waals surface area contributed by atoms with Crippen molar-refractivity contribution in [2.45, 2.75) is 12.8 Å². The average Bonchev–Trinajstić information content (AvgIpc) is 3.13. The first-order valence-corrected chi connectivity index (χ1v) is 9.75. The smallest absolute Gasteiger partial charge is 0.262 e. The Morgan fingerprint density at radius 2 is 2.06 bits per heavy atom. The van der Waals surface area contributed by atoms with Crippen molar-refractivity contribution in [3.63, 3.8) is 0 Å². The molecule has 9 heteroatoms. The number of nitrogens with zero attached hydrogens (tertiary/aromatic N) is 2. The summed E-state index contributed by atoms with van der Waals surface area (Å²) >= 11 is 6.04. The Bertz CT molecular complexity index is 1210. The zero-order valence-corrected chi connectivity index (χ0v) is 17.2. The molecule has 2 heterocycles. The number of aromatic nitrogens is 2. The van der Waals surface area contributed by atoms with Crippen molar-refractivity contribution < 1.29 is 14.3 Å². The van der Waals surface area contributed by atoms with Crippen molar-refractivity contribution in [1.82, 2.24) is 10.2 Å². The highest BCUT2D eigenvalue weighted by atomic mass is 35.5. The number of ether oxygens (including phenoxy) is 2. The number of nitrogens with one attached hydrogen (secondary N) is 2. The molecule has 1 atom stereocenters. The number of para-hydroxylation sites is 1. The summed E-state index contributed by atoms with van der Waals surface area (Å²) in [6.07, 6.45) is 0. The van der Waals surface area contributed by atoms with E-state index in [4.69, 9.17) is 26.8 Å². The maximum atomic E-state index is 12.1. The zero-order chi connectivity index (χ0) is 22.0. The maximum absolute atomic E-state index is 12.1. The molecule has 1 aliphatic heterocycles. The second kappa shape index (κ2) is 8.42. The maximum Gasteiger partial charge on any atom is 0.262 e. The van der Waals surface area contributed by atoms with E-state index in [1.807, 2.05) is 19.1 Å². The van der Waals surface area contributed by atoms with E-state index in [0.717, 1.165) is 16.8 Å². The predicted molar refractivity (Wildman–Crippen MR) is 115 cm³/mol. The number of nitrogens with two attached hydrogens (primary N) is 1. The number of aryl methyl sites for hydroxylation is 1. The van der Waals surface area contributed by atoms with E-state index >= 15 is 0 Å². The second-order valence-corrected chi connectivity index (χ2v) is 7.29. The minimum Gasteiger partial charge on any atom is -0.484 e. The van der Waals surface area contributed by atoms with Gasteiger partial charge in [-0.3, -0.25) is 9.89 Å². The lowest BCUT2D eigenvalue weighted by molar-refractivity contribution is -0.118. The van der Waals surface area contributed by atoms with Gasteiger partial charge in [-0.1, -0.05) is 35.9 Å². The van der Waals surface area contributed by atoms with Crippen LogP contribution in [0.1, 0.15) is 22.7 Å². The lowest BCUT2D eigenvalue weighted by Crippen LogP contribution is -2.21. The number of anilines is 1. The summed E-state index contributed by atoms with van der Waals surface area (Å²) in [6, 6.07) is 16.2. The van der Waals surface area contributed by atoms with Crippen molar-refractivity contribution in [1.29, 1.82) is 5.26 Å². The minimum absolute atomic E-state index is 0.0306. The molecule has 4 N–H and O–H groups in total. The van der Waals surface area contributed by atoms with E-state index in [1.165, 1.54) is 0 Å². The third kappa shape index (κ3) is 4.04. The van der Waals surface area contributed by atoms with Crippen LogP contribution in [0.2, 0.25) is 5.02 Å². The largest absolute Gasteiger partial charge is 0.484 e. The summed E-state index contributed by atoms with van der Waals surface area (Å²) in [4.78, 5) is 12.1. The van der Waals surface area contributed by atoms with Crippen LogP contribution in [0.5, 0.6) is 11.6 Å². The van der Waals surface area contributed by atoms with Crippen molar-refractivity contribution >= 4 is 23.2 Å². The number of fused-ring (bicyclic) bond motifs is 1. The van der Waals surface area contributed by atoms with Gasteiger partial charge >= 0.3 is 0 Å². The van der Waals surface area contributed by atoms with Crippen molar-refractivity contribution in [3.8, 4) is 17.7 Å². The SMILES string of the molecule is Cc1[nH]nc2c1C(c1ccc(OCC(=O)Nc3ccccc3Cl)cc1)C(C#N)=C(N)O2. The fraction of sp³-hybridized carbons (Fsp3) is 0.136. The number of allylic oxidation sites excluding steroid dienone is 1. The van der Waals surface area contributed by atoms with Gasteiger partial charge in [0.05, 0.1) is 16.6 Å². The molecule has 0 saturated heterocycles. The van der Waals surface area contributed by atoms with Crippen LogP contribution < -0.4 is 20.5 Å². The van der Waals surface area contributed by atoms with Gasteiger partial charge < -0.3 is 20.5 Å². The molecule has 0 bridgehead atoms. The van der Waals surface area contributed by atoms with Gasteiger partial charge in [0, 0.05) is 11.3 Å². The van der Waals surface area contributed by atoms with E-state index in [9.17, 15) is 10.1 Å². The van der Waals surface area contributed by atoms with Gasteiger partial charge in [-0.25, -0.2) is 0 Å². The number of carbonyl (C=O) groups excluding carboxylic acids is 1. The highest BCUT2D eigenvalue weighted by Crippen LogP contribution is 2.42. The molecular formula is C22H18ClN5O3. The predicted octanol–water partition coefficient (Wildman–Crippen LogP) is 3.61. The number of aromatic amines is 1. The number of carbonyl (C=O) groups is 1. The first kappa shape index (κ1) is 20.3. The van der Waals surface area contributed by atoms with E-state index in [0.29, 0.717) is 27.9 Å². The highest BCUT2D eigenvalue weighted by molar-refractivity contribution is 6.33. The number of hydrogen-bond donors (Lipinski definition) is 3. The van der Waals surface area contributed by atoms with Crippen LogP contribution in [0.3, 0.4) is 0 Å². The zero-order valence-electron chi connectivity index (χ0n) is 16.5. The molecule has 0 spiro atoms. The monoisotopic (exact) mass is 435 g/mol. The Hall–Kier alpha value is -3.96. The third-order valence-electron chi connectivity index (χ3n) is 4.86. The molecule has 8 nitrogen and oxygen atoms in total. The van der Waals surface area contributed by atoms with Gasteiger partial charge in [0.1, 0.15) is 17.4 Å². The number of hydrogen-bond acceptors (Lipinski definition) is 6. The van der Waals surface area contributed by atoms with Crippen LogP contribution in [-0.2, 0) is 4.79 Å². The minimum atomic E-state index is -0.412. The molecule has 31 heavy (non-hydrogen) atoms. The van der Waals surface area contributed by atoms with E-state index in [-0.39, 0.29) is 18.4 Å². The Kier molecular flexibility index (Phi) is 5.52. The Balaban J connectivity index is 1.48. The summed E-state index contributed by atoms with van der Waals surface area (Å²) in [6.45, 7) is 1.68. The van der Waals surface area contributed by atoms with E-state index in [1.54, 1.807) is 36.4 Å². The molecule has 0 saturated carbocycles. The molecule has 1 unspecified atom stereocenters. The van der Waals surface area contributed by atoms with Crippen LogP contribution in [0, 0.1) is 18.3 Å². The molecule has 3 aromatic rings. The summed E-state index contributed by atoms with van der Waals surface area (Å²) in [7, 11) is 0. The van der Waals surface area contributed by atoms with Gasteiger partial charge in [-0.2, -0.15) is 5.26 Å². The van der Waals surface area contributed by atoms with Gasteiger partial charge in [0.25, 0.3) is 5.91 Å². The van der Waals surface area contributed by atoms with Gasteiger partial charge in [0.15, 0.2) is 6.61 Å². The molecule has 1 amide bonds. The summed E-state index contributed by atoms with van der Waals surface area (Å²) in [5, 5.41) is 19.7. The van der Waals surface area contributed by atoms with Crippen molar-refractivity contribution in [2.75, 3.05) is 11.9 Å². The van der Waals surface area contributed by atoms with E-state index < -0.39 is 5.92 Å². The van der Waals surface area contributed by atoms with Gasteiger partial charge in [-0.05, 0) is 36.8 Å². The number of H-pyrrole nitrogens is 1. The summed E-state index contributed by atoms with van der Waals surface area (Å²) in [5.74, 6) is 0.149. The number of amides is 1. The normalized spacial score (nSPS) is 14.9. The van der Waals surface area contributed by atoms with Gasteiger partial charge in [0.2, 0.25) is 11.8 Å². The number of benzene rings is 2. The van der Waals surface area contributed by atoms with Crippen LogP contribution in [-0.4, -0.2) is 22.7 Å². The molecular weight excluding hydrogens is 418 g/mol. The number of rotatable bonds is 5. The Morgan fingerprint density at radius 3 is 2.77 bits per heavy atom. The van der Waals surface area contributed by atoms with Crippen LogP contribution >= 0.6 is 11.6 Å². The fourth-order valence-corrected chi connectivity index (χ4v) is 3.57. The van der Waals surface area contributed by atoms with Gasteiger partial charge in [-0.15, -0.1) is 5.10 Å². The number of nitriles is 1. The molecule has 2 aromatic carbocycles. The van der Waals surface area contributed by atoms with Crippen molar-refractivity contribution in [3.05, 3.63) is 81.8 Å². The third-order valence-corrected chi connectivity index (χ3v) is 5.19. The average molecular weight is 436 g/mol. The summed E-state index contributed by atoms with van der Waals surface area (Å²) < 4.78 is 11.0. The van der Waals surface area contributed by atoms with E-state index in [2.05, 4.69) is 21.6 Å². The highest BCUT2D eigenvalue weighted by Gasteiger charge is 2.34. The molecule has 156 valence electrons. The van der Waals surface area contributed by atoms with Crippen LogP contribution in [0.4, 0.5) is 5.69 Å². The molecule has 4 rings (SSSR count). The molecule has 1 aliphatic rings. The molecule has 0 radical (unpaired) electrons. The quantitative estimate of drug-likeness (QED) is 0.562. The van der Waals surface area contributed by atoms with Crippen LogP contribution in [0.25, 0.3) is 0 Å². The first-order valence-electron chi connectivity index (χ1n) is 9.37. The molecule has 0 aliphatic carbocycles. The molecule has 0 fully saturated rings. The lowest BCUT2D eigenvalue weighted by Gasteiger charge is -2.23. The topological polar surface area (TPSA) is 126 Å². The summed E-state index contributed by atoms with van der Waals surface area (Å²) in [5.41, 5.74) is 9.13. The Labute approximate surface area is 183 Å². The second-order valence-electron chi connectivity index (χ2n) is 6.88. The lowest BCUT2D eigenvalue weighted by atomic mass is 9.84.